The van der Waals surface area contributed by atoms with Crippen molar-refractivity contribution in [3.63, 3.8) is 0 Å². The average Bonchev–Trinajstić information content (AvgIpc) is 3.01. The first-order chi connectivity index (χ1) is 11.6. The molecule has 2 aromatic heterocycles. The third-order valence-corrected chi connectivity index (χ3v) is 3.70. The van der Waals surface area contributed by atoms with Crippen LogP contribution in [0.2, 0.25) is 0 Å². The molecule has 0 bridgehead atoms. The fourth-order valence-corrected chi connectivity index (χ4v) is 2.57. The minimum absolute atomic E-state index is 0.453. The largest absolute Gasteiger partial charge is 0.334 e. The molecule has 0 spiro atoms. The van der Waals surface area contributed by atoms with E-state index in [1.807, 2.05) is 43.8 Å². The summed E-state index contributed by atoms with van der Waals surface area (Å²) in [5.74, 6) is 1.45. The van der Waals surface area contributed by atoms with Gasteiger partial charge in [0.1, 0.15) is 5.82 Å². The molecule has 0 saturated heterocycles. The zero-order chi connectivity index (χ0) is 17.5. The van der Waals surface area contributed by atoms with Crippen molar-refractivity contribution in [1.82, 2.24) is 14.5 Å². The monoisotopic (exact) mass is 321 g/mol. The highest BCUT2D eigenvalue weighted by Crippen LogP contribution is 2.31. The summed E-state index contributed by atoms with van der Waals surface area (Å²) in [7, 11) is 2.03. The van der Waals surface area contributed by atoms with Crippen molar-refractivity contribution in [3.8, 4) is 22.6 Å². The third kappa shape index (κ3) is 4.10. The number of hydrogen-bond acceptors (Lipinski definition) is 2. The number of imidazole rings is 1. The van der Waals surface area contributed by atoms with E-state index in [2.05, 4.69) is 60.4 Å². The van der Waals surface area contributed by atoms with E-state index >= 15 is 0 Å². The number of aryl methyl sites for hydroxylation is 1. The lowest BCUT2D eigenvalue weighted by atomic mass is 9.94. The van der Waals surface area contributed by atoms with Crippen LogP contribution in [0.5, 0.6) is 0 Å². The van der Waals surface area contributed by atoms with Crippen molar-refractivity contribution >= 4 is 0 Å². The van der Waals surface area contributed by atoms with Crippen LogP contribution in [0.25, 0.3) is 22.6 Å². The summed E-state index contributed by atoms with van der Waals surface area (Å²) in [6, 6.07) is 12.5. The first-order valence-electron chi connectivity index (χ1n) is 8.61. The SMILES string of the molecule is CC(C)c1ccc(-c2ccccn2)cc1-c1nccn1C.CCC. The highest BCUT2D eigenvalue weighted by molar-refractivity contribution is 5.71. The average molecular weight is 321 g/mol. The standard InChI is InChI=1S/C18H19N3.C3H8/c1-13(2)15-8-7-14(17-6-4-5-9-19-17)12-16(15)18-20-10-11-21(18)3;1-3-2/h4-13H,1-3H3;3H2,1-2H3. The van der Waals surface area contributed by atoms with Gasteiger partial charge in [0.15, 0.2) is 0 Å². The molecule has 1 aromatic carbocycles. The molecule has 126 valence electrons. The molecule has 0 unspecified atom stereocenters. The maximum absolute atomic E-state index is 4.51. The van der Waals surface area contributed by atoms with Crippen molar-refractivity contribution < 1.29 is 0 Å². The summed E-state index contributed by atoms with van der Waals surface area (Å²) in [5.41, 5.74) is 4.60. The van der Waals surface area contributed by atoms with Gasteiger partial charge < -0.3 is 4.57 Å². The zero-order valence-electron chi connectivity index (χ0n) is 15.3. The Morgan fingerprint density at radius 1 is 1.00 bits per heavy atom. The van der Waals surface area contributed by atoms with Gasteiger partial charge >= 0.3 is 0 Å². The molecule has 24 heavy (non-hydrogen) atoms. The highest BCUT2D eigenvalue weighted by atomic mass is 15.0. The number of aromatic nitrogens is 3. The number of rotatable bonds is 3. The van der Waals surface area contributed by atoms with Gasteiger partial charge in [0.05, 0.1) is 5.69 Å². The molecule has 3 aromatic rings. The summed E-state index contributed by atoms with van der Waals surface area (Å²) in [6.45, 7) is 8.67. The molecule has 3 heteroatoms. The van der Waals surface area contributed by atoms with Crippen LogP contribution in [-0.2, 0) is 7.05 Å². The molecule has 3 rings (SSSR count). The molecule has 3 nitrogen and oxygen atoms in total. The number of hydrogen-bond donors (Lipinski definition) is 0. The second-order valence-electron chi connectivity index (χ2n) is 6.24. The quantitative estimate of drug-likeness (QED) is 0.620. The van der Waals surface area contributed by atoms with Crippen molar-refractivity contribution in [2.45, 2.75) is 40.0 Å². The summed E-state index contributed by atoms with van der Waals surface area (Å²) in [5, 5.41) is 0. The minimum atomic E-state index is 0.453. The first kappa shape index (κ1) is 17.9. The fourth-order valence-electron chi connectivity index (χ4n) is 2.57. The maximum atomic E-state index is 4.51. The zero-order valence-corrected chi connectivity index (χ0v) is 15.3. The summed E-state index contributed by atoms with van der Waals surface area (Å²) in [4.78, 5) is 8.95. The number of nitrogens with zero attached hydrogens (tertiary/aromatic N) is 3. The molecule has 0 saturated carbocycles. The molecule has 2 heterocycles. The van der Waals surface area contributed by atoms with Crippen LogP contribution in [0.4, 0.5) is 0 Å². The van der Waals surface area contributed by atoms with Crippen molar-refractivity contribution in [3.05, 3.63) is 60.6 Å². The van der Waals surface area contributed by atoms with Crippen molar-refractivity contribution in [2.75, 3.05) is 0 Å². The van der Waals surface area contributed by atoms with Crippen LogP contribution in [0.1, 0.15) is 45.6 Å². The summed E-state index contributed by atoms with van der Waals surface area (Å²) < 4.78 is 2.06. The molecule has 0 amide bonds. The molecule has 0 radical (unpaired) electrons. The normalized spacial score (nSPS) is 10.4. The van der Waals surface area contributed by atoms with E-state index in [9.17, 15) is 0 Å². The molecule has 0 atom stereocenters. The van der Waals surface area contributed by atoms with Gasteiger partial charge in [-0.25, -0.2) is 4.98 Å². The van der Waals surface area contributed by atoms with Gasteiger partial charge in [-0.3, -0.25) is 4.98 Å². The predicted octanol–water partition coefficient (Wildman–Crippen LogP) is 5.69. The third-order valence-electron chi connectivity index (χ3n) is 3.70. The lowest BCUT2D eigenvalue weighted by Crippen LogP contribution is -1.99. The van der Waals surface area contributed by atoms with Gasteiger partial charge in [-0.2, -0.15) is 0 Å². The van der Waals surface area contributed by atoms with Crippen LogP contribution in [0.15, 0.2) is 55.0 Å². The lowest BCUT2D eigenvalue weighted by molar-refractivity contribution is 0.858. The van der Waals surface area contributed by atoms with Gasteiger partial charge in [0, 0.05) is 36.8 Å². The highest BCUT2D eigenvalue weighted by Gasteiger charge is 2.13. The Morgan fingerprint density at radius 3 is 2.29 bits per heavy atom. The molecular weight excluding hydrogens is 294 g/mol. The second kappa shape index (κ2) is 8.44. The second-order valence-corrected chi connectivity index (χ2v) is 6.24. The van der Waals surface area contributed by atoms with Gasteiger partial charge in [-0.05, 0) is 29.7 Å². The van der Waals surface area contributed by atoms with Crippen LogP contribution in [0, 0.1) is 0 Å². The Kier molecular flexibility index (Phi) is 6.30. The van der Waals surface area contributed by atoms with E-state index in [4.69, 9.17) is 0 Å². The minimum Gasteiger partial charge on any atom is -0.334 e. The Bertz CT molecular complexity index is 758. The molecule has 0 aliphatic heterocycles. The Labute approximate surface area is 145 Å². The van der Waals surface area contributed by atoms with Crippen LogP contribution >= 0.6 is 0 Å². The van der Waals surface area contributed by atoms with Gasteiger partial charge in [-0.1, -0.05) is 52.3 Å². The van der Waals surface area contributed by atoms with Crippen molar-refractivity contribution in [2.24, 2.45) is 7.05 Å². The molecule has 0 fully saturated rings. The summed E-state index contributed by atoms with van der Waals surface area (Å²) in [6.07, 6.45) is 6.89. The van der Waals surface area contributed by atoms with E-state index in [0.29, 0.717) is 5.92 Å². The Morgan fingerprint density at radius 2 is 1.75 bits per heavy atom. The summed E-state index contributed by atoms with van der Waals surface area (Å²) >= 11 is 0. The molecule has 0 aliphatic rings. The van der Waals surface area contributed by atoms with Crippen molar-refractivity contribution in [1.29, 1.82) is 0 Å². The fraction of sp³-hybridized carbons (Fsp3) is 0.333. The lowest BCUT2D eigenvalue weighted by Gasteiger charge is -2.14. The van der Waals surface area contributed by atoms with E-state index in [1.165, 1.54) is 17.5 Å². The van der Waals surface area contributed by atoms with Gasteiger partial charge in [0.2, 0.25) is 0 Å². The van der Waals surface area contributed by atoms with E-state index in [-0.39, 0.29) is 0 Å². The topological polar surface area (TPSA) is 30.7 Å². The maximum Gasteiger partial charge on any atom is 0.139 e. The number of benzene rings is 1. The van der Waals surface area contributed by atoms with Crippen LogP contribution < -0.4 is 0 Å². The van der Waals surface area contributed by atoms with E-state index in [1.54, 1.807) is 0 Å². The Balaban J connectivity index is 0.000000647. The predicted molar refractivity (Wildman–Crippen MR) is 102 cm³/mol. The molecule has 0 aliphatic carbocycles. The Hall–Kier alpha value is -2.42. The van der Waals surface area contributed by atoms with E-state index in [0.717, 1.165) is 17.1 Å². The van der Waals surface area contributed by atoms with Gasteiger partial charge in [-0.15, -0.1) is 0 Å². The molecule has 0 N–H and O–H groups in total. The first-order valence-corrected chi connectivity index (χ1v) is 8.61. The van der Waals surface area contributed by atoms with Gasteiger partial charge in [0.25, 0.3) is 0 Å². The smallest absolute Gasteiger partial charge is 0.139 e. The number of pyridine rings is 1. The van der Waals surface area contributed by atoms with Crippen LogP contribution in [-0.4, -0.2) is 14.5 Å². The van der Waals surface area contributed by atoms with Crippen LogP contribution in [0.3, 0.4) is 0 Å². The van der Waals surface area contributed by atoms with E-state index < -0.39 is 0 Å². The molecular formula is C21H27N3.